The van der Waals surface area contributed by atoms with Gasteiger partial charge in [0.2, 0.25) is 11.8 Å². The fourth-order valence-electron chi connectivity index (χ4n) is 9.41. The van der Waals surface area contributed by atoms with Crippen molar-refractivity contribution in [3.8, 4) is 11.8 Å². The number of fused-ring (bicyclic) bond motifs is 2. The van der Waals surface area contributed by atoms with Gasteiger partial charge in [0.15, 0.2) is 0 Å². The number of carbonyl (C=O) groups excluding carboxylic acids is 5. The van der Waals surface area contributed by atoms with E-state index in [2.05, 4.69) is 46.4 Å². The Kier molecular flexibility index (Phi) is 11.3. The number of rotatable bonds is 10. The molecular formula is C45H48N10O6. The van der Waals surface area contributed by atoms with E-state index in [9.17, 15) is 29.2 Å². The zero-order valence-electron chi connectivity index (χ0n) is 33.9. The second-order valence-electron chi connectivity index (χ2n) is 16.7. The summed E-state index contributed by atoms with van der Waals surface area (Å²) in [6.07, 6.45) is 11.6. The third-order valence-electron chi connectivity index (χ3n) is 13.0. The lowest BCUT2D eigenvalue weighted by Crippen LogP contribution is -2.54. The first-order valence-corrected chi connectivity index (χ1v) is 21.4. The van der Waals surface area contributed by atoms with Crippen molar-refractivity contribution in [2.75, 3.05) is 55.6 Å². The predicted molar refractivity (Wildman–Crippen MR) is 224 cm³/mol. The number of hydrogen-bond acceptors (Lipinski definition) is 13. The van der Waals surface area contributed by atoms with Crippen LogP contribution in [0.3, 0.4) is 0 Å². The van der Waals surface area contributed by atoms with E-state index in [0.717, 1.165) is 118 Å². The first kappa shape index (κ1) is 40.0. The van der Waals surface area contributed by atoms with Crippen LogP contribution in [0.25, 0.3) is 10.9 Å². The standard InChI is InChI=1S/C45H48N10O6/c46-25-29-3-11-38(34-2-1-16-47-41(29)34)61-32-7-4-30(5-8-32)50-42(57)36-26-49-39(27-48-36)54-18-14-28(15-19-54)13-17-52-20-22-53(23-21-52)31-6-9-33-35(24-31)45(60)55(44(33)59)37-10-12-40(56)51-43(37)58/h1-3,6,9,11,16,24,26-28,30,32,37H,4-5,7-8,10,12-15,17-23H2,(H,50,57)(H,51,56,58). The number of anilines is 2. The van der Waals surface area contributed by atoms with Crippen molar-refractivity contribution in [1.29, 1.82) is 5.26 Å². The minimum absolute atomic E-state index is 0.0147. The monoisotopic (exact) mass is 824 g/mol. The van der Waals surface area contributed by atoms with E-state index in [1.54, 1.807) is 36.8 Å². The van der Waals surface area contributed by atoms with E-state index in [4.69, 9.17) is 4.74 Å². The van der Waals surface area contributed by atoms with Gasteiger partial charge in [-0.3, -0.25) is 44.1 Å². The average Bonchev–Trinajstić information content (AvgIpc) is 3.54. The van der Waals surface area contributed by atoms with Crippen LogP contribution in [-0.4, -0.2) is 118 Å². The van der Waals surface area contributed by atoms with Crippen LogP contribution in [0.4, 0.5) is 11.5 Å². The summed E-state index contributed by atoms with van der Waals surface area (Å²) in [7, 11) is 0. The second-order valence-corrected chi connectivity index (χ2v) is 16.7. The molecule has 9 rings (SSSR count). The summed E-state index contributed by atoms with van der Waals surface area (Å²) in [5, 5.41) is 15.7. The van der Waals surface area contributed by atoms with Crippen LogP contribution in [0.5, 0.6) is 5.75 Å². The van der Waals surface area contributed by atoms with E-state index in [1.807, 2.05) is 24.3 Å². The third kappa shape index (κ3) is 8.34. The number of nitrogens with zero attached hydrogens (tertiary/aromatic N) is 8. The summed E-state index contributed by atoms with van der Waals surface area (Å²) in [6, 6.07) is 13.9. The van der Waals surface area contributed by atoms with E-state index < -0.39 is 29.7 Å². The maximum absolute atomic E-state index is 13.3. The minimum atomic E-state index is -0.974. The Hall–Kier alpha value is -6.47. The van der Waals surface area contributed by atoms with Gasteiger partial charge in [0.25, 0.3) is 17.7 Å². The Labute approximate surface area is 353 Å². The number of hydrogen-bond donors (Lipinski definition) is 2. The molecule has 1 saturated carbocycles. The quantitative estimate of drug-likeness (QED) is 0.219. The number of piperidine rings is 2. The molecule has 2 aromatic carbocycles. The summed E-state index contributed by atoms with van der Waals surface area (Å²) in [6.45, 7) is 6.18. The van der Waals surface area contributed by atoms with Gasteiger partial charge in [0.1, 0.15) is 29.4 Å². The van der Waals surface area contributed by atoms with E-state index >= 15 is 0 Å². The molecule has 0 spiro atoms. The normalized spacial score (nSPS) is 22.5. The lowest BCUT2D eigenvalue weighted by atomic mass is 9.92. The minimum Gasteiger partial charge on any atom is -0.490 e. The Morgan fingerprint density at radius 1 is 0.836 bits per heavy atom. The molecule has 3 saturated heterocycles. The van der Waals surface area contributed by atoms with Gasteiger partial charge in [-0.05, 0) is 106 Å². The molecule has 0 bridgehead atoms. The van der Waals surface area contributed by atoms with Crippen LogP contribution in [0.15, 0.2) is 61.1 Å². The first-order chi connectivity index (χ1) is 29.7. The van der Waals surface area contributed by atoms with Crippen LogP contribution in [0.2, 0.25) is 0 Å². The van der Waals surface area contributed by atoms with Crippen LogP contribution >= 0.6 is 0 Å². The number of piperazine rings is 1. The van der Waals surface area contributed by atoms with Crippen molar-refractivity contribution in [2.45, 2.75) is 76.0 Å². The molecular weight excluding hydrogens is 777 g/mol. The largest absolute Gasteiger partial charge is 0.490 e. The Morgan fingerprint density at radius 3 is 2.36 bits per heavy atom. The van der Waals surface area contributed by atoms with Gasteiger partial charge >= 0.3 is 0 Å². The molecule has 16 heteroatoms. The molecule has 5 amide bonds. The van der Waals surface area contributed by atoms with Crippen LogP contribution in [0, 0.1) is 17.2 Å². The predicted octanol–water partition coefficient (Wildman–Crippen LogP) is 3.85. The number of nitrogens with one attached hydrogen (secondary N) is 2. The first-order valence-electron chi connectivity index (χ1n) is 21.4. The van der Waals surface area contributed by atoms with E-state index in [0.29, 0.717) is 33.8 Å². The highest BCUT2D eigenvalue weighted by Gasteiger charge is 2.45. The highest BCUT2D eigenvalue weighted by molar-refractivity contribution is 6.23. The number of imide groups is 2. The molecule has 2 N–H and O–H groups in total. The fraction of sp³-hybridized carbons (Fsp3) is 0.444. The third-order valence-corrected chi connectivity index (χ3v) is 13.0. The highest BCUT2D eigenvalue weighted by Crippen LogP contribution is 2.33. The number of pyridine rings is 1. The second kappa shape index (κ2) is 17.3. The molecule has 61 heavy (non-hydrogen) atoms. The lowest BCUT2D eigenvalue weighted by molar-refractivity contribution is -0.136. The average molecular weight is 825 g/mol. The molecule has 5 aliphatic rings. The number of nitriles is 1. The fourth-order valence-corrected chi connectivity index (χ4v) is 9.41. The summed E-state index contributed by atoms with van der Waals surface area (Å²) in [4.78, 5) is 85.1. The Balaban J connectivity index is 0.684. The van der Waals surface area contributed by atoms with Gasteiger partial charge in [-0.1, -0.05) is 0 Å². The molecule has 4 aromatic rings. The smallest absolute Gasteiger partial charge is 0.271 e. The van der Waals surface area contributed by atoms with E-state index in [1.165, 1.54) is 0 Å². The van der Waals surface area contributed by atoms with Crippen molar-refractivity contribution >= 4 is 51.9 Å². The molecule has 2 aromatic heterocycles. The molecule has 0 radical (unpaired) electrons. The maximum atomic E-state index is 13.3. The van der Waals surface area contributed by atoms with Crippen molar-refractivity contribution < 1.29 is 28.7 Å². The summed E-state index contributed by atoms with van der Waals surface area (Å²) >= 11 is 0. The van der Waals surface area contributed by atoms with Gasteiger partial charge in [0.05, 0.1) is 40.7 Å². The van der Waals surface area contributed by atoms with Gasteiger partial charge < -0.3 is 19.9 Å². The van der Waals surface area contributed by atoms with Gasteiger partial charge in [-0.2, -0.15) is 5.26 Å². The van der Waals surface area contributed by atoms with Crippen LogP contribution in [0.1, 0.15) is 94.6 Å². The maximum Gasteiger partial charge on any atom is 0.271 e. The molecule has 1 unspecified atom stereocenters. The van der Waals surface area contributed by atoms with Crippen molar-refractivity contribution in [3.63, 3.8) is 0 Å². The summed E-state index contributed by atoms with van der Waals surface area (Å²) < 4.78 is 6.35. The number of benzene rings is 2. The SMILES string of the molecule is N#Cc1ccc(OC2CCC(NC(=O)c3cnc(N4CCC(CCN5CCN(c6ccc7c(c6)C(=O)N(C6CCC(=O)NC6=O)C7=O)CC5)CC4)cn3)CC2)c2cccnc12. The van der Waals surface area contributed by atoms with Gasteiger partial charge in [-0.25, -0.2) is 9.97 Å². The molecule has 4 fully saturated rings. The lowest BCUT2D eigenvalue weighted by Gasteiger charge is -2.38. The van der Waals surface area contributed by atoms with Crippen molar-refractivity contribution in [1.82, 2.24) is 35.4 Å². The molecule has 16 nitrogen and oxygen atoms in total. The van der Waals surface area contributed by atoms with Crippen LogP contribution in [-0.2, 0) is 9.59 Å². The Morgan fingerprint density at radius 2 is 1.62 bits per heavy atom. The molecule has 4 aliphatic heterocycles. The zero-order chi connectivity index (χ0) is 42.0. The topological polar surface area (TPSA) is 194 Å². The number of carbonyl (C=O) groups is 5. The van der Waals surface area contributed by atoms with Crippen molar-refractivity contribution in [3.05, 3.63) is 83.4 Å². The molecule has 1 atom stereocenters. The summed E-state index contributed by atoms with van der Waals surface area (Å²) in [5.41, 5.74) is 2.95. The number of aromatic nitrogens is 3. The molecule has 6 heterocycles. The zero-order valence-corrected chi connectivity index (χ0v) is 33.9. The summed E-state index contributed by atoms with van der Waals surface area (Å²) in [5.74, 6) is -0.0744. The van der Waals surface area contributed by atoms with E-state index in [-0.39, 0.29) is 30.9 Å². The Bertz CT molecular complexity index is 2390. The van der Waals surface area contributed by atoms with Crippen molar-refractivity contribution in [2.24, 2.45) is 5.92 Å². The highest BCUT2D eigenvalue weighted by atomic mass is 16.5. The number of ether oxygens (including phenoxy) is 1. The van der Waals surface area contributed by atoms with Gasteiger partial charge in [-0.15, -0.1) is 0 Å². The number of amides is 5. The van der Waals surface area contributed by atoms with Gasteiger partial charge in [0, 0.05) is 69.0 Å². The molecule has 1 aliphatic carbocycles. The molecule has 314 valence electrons. The van der Waals surface area contributed by atoms with Crippen LogP contribution < -0.4 is 25.2 Å².